The molecule has 2 N–H and O–H groups in total. The fourth-order valence-corrected chi connectivity index (χ4v) is 3.54. The van der Waals surface area contributed by atoms with Crippen LogP contribution in [-0.4, -0.2) is 30.3 Å². The van der Waals surface area contributed by atoms with Gasteiger partial charge < -0.3 is 5.11 Å². The minimum atomic E-state index is -4.47. The quantitative estimate of drug-likeness (QED) is 0.368. The van der Waals surface area contributed by atoms with Crippen LogP contribution in [0.5, 0.6) is 0 Å². The lowest BCUT2D eigenvalue weighted by atomic mass is 9.84. The van der Waals surface area contributed by atoms with Gasteiger partial charge in [-0.15, -0.1) is 0 Å². The van der Waals surface area contributed by atoms with Gasteiger partial charge in [0.2, 0.25) is 0 Å². The summed E-state index contributed by atoms with van der Waals surface area (Å²) in [4.78, 5) is 0. The Kier molecular flexibility index (Phi) is 11.3. The Hall–Kier alpha value is -0.170. The maximum atomic E-state index is 10.9. The van der Waals surface area contributed by atoms with Crippen LogP contribution in [0.4, 0.5) is 0 Å². The first-order valence-corrected chi connectivity index (χ1v) is 9.88. The molecule has 6 heteroatoms. The van der Waals surface area contributed by atoms with E-state index in [1.54, 1.807) is 13.8 Å². The summed E-state index contributed by atoms with van der Waals surface area (Å²) in [5.74, 6) is -0.0977. The normalized spacial score (nSPS) is 14.2. The third kappa shape index (κ3) is 11.4. The number of aliphatic hydroxyl groups is 1. The molecule has 1 unspecified atom stereocenters. The molecular weight excluding hydrogens is 304 g/mol. The first-order valence-electron chi connectivity index (χ1n) is 8.52. The van der Waals surface area contributed by atoms with E-state index in [0.717, 1.165) is 19.3 Å². The van der Waals surface area contributed by atoms with E-state index in [1.165, 1.54) is 38.5 Å². The Morgan fingerprint density at radius 2 is 1.45 bits per heavy atom. The van der Waals surface area contributed by atoms with Crippen LogP contribution in [0.1, 0.15) is 85.0 Å². The van der Waals surface area contributed by atoms with Crippen molar-refractivity contribution in [2.24, 2.45) is 5.92 Å². The van der Waals surface area contributed by atoms with Gasteiger partial charge in [-0.1, -0.05) is 58.3 Å². The molecule has 0 bridgehead atoms. The van der Waals surface area contributed by atoms with E-state index in [4.69, 9.17) is 13.8 Å². The molecule has 0 rings (SSSR count). The zero-order valence-corrected chi connectivity index (χ0v) is 15.2. The Bertz CT molecular complexity index is 365. The van der Waals surface area contributed by atoms with E-state index in [0.29, 0.717) is 6.42 Å². The van der Waals surface area contributed by atoms with Gasteiger partial charge in [-0.2, -0.15) is 8.42 Å². The molecule has 0 aliphatic carbocycles. The van der Waals surface area contributed by atoms with Gasteiger partial charge in [-0.25, -0.2) is 4.18 Å². The molecule has 0 amide bonds. The Morgan fingerprint density at radius 3 is 1.91 bits per heavy atom. The highest BCUT2D eigenvalue weighted by Gasteiger charge is 2.34. The van der Waals surface area contributed by atoms with Gasteiger partial charge in [0.15, 0.2) is 0 Å². The van der Waals surface area contributed by atoms with Crippen LogP contribution < -0.4 is 0 Å². The summed E-state index contributed by atoms with van der Waals surface area (Å²) >= 11 is 0. The molecule has 0 aromatic carbocycles. The van der Waals surface area contributed by atoms with Gasteiger partial charge in [0.1, 0.15) is 0 Å². The van der Waals surface area contributed by atoms with Crippen molar-refractivity contribution in [3.05, 3.63) is 0 Å². The van der Waals surface area contributed by atoms with Gasteiger partial charge >= 0.3 is 10.4 Å². The van der Waals surface area contributed by atoms with Crippen LogP contribution in [0, 0.1) is 5.92 Å². The smallest absolute Gasteiger partial charge is 0.396 e. The van der Waals surface area contributed by atoms with E-state index in [-0.39, 0.29) is 12.5 Å². The Labute approximate surface area is 136 Å². The minimum Gasteiger partial charge on any atom is -0.396 e. The molecule has 0 aromatic heterocycles. The summed E-state index contributed by atoms with van der Waals surface area (Å²) in [6.07, 6.45) is 10.9. The van der Waals surface area contributed by atoms with Crippen molar-refractivity contribution in [3.63, 3.8) is 0 Å². The van der Waals surface area contributed by atoms with Crippen molar-refractivity contribution in [2.45, 2.75) is 90.6 Å². The molecule has 0 saturated heterocycles. The molecule has 0 aliphatic heterocycles. The zero-order chi connectivity index (χ0) is 17.1. The second-order valence-electron chi connectivity index (χ2n) is 6.59. The fraction of sp³-hybridized carbons (Fsp3) is 1.00. The first kappa shape index (κ1) is 21.8. The molecule has 22 heavy (non-hydrogen) atoms. The van der Waals surface area contributed by atoms with E-state index < -0.39 is 16.0 Å². The van der Waals surface area contributed by atoms with Crippen molar-refractivity contribution in [1.29, 1.82) is 0 Å². The van der Waals surface area contributed by atoms with Crippen molar-refractivity contribution in [3.8, 4) is 0 Å². The molecule has 0 fully saturated rings. The number of aliphatic hydroxyl groups excluding tert-OH is 1. The van der Waals surface area contributed by atoms with E-state index >= 15 is 0 Å². The summed E-state index contributed by atoms with van der Waals surface area (Å²) in [6.45, 7) is 5.48. The molecule has 0 saturated carbocycles. The average Bonchev–Trinajstić information content (AvgIpc) is 2.37. The number of rotatable bonds is 14. The molecule has 0 spiro atoms. The lowest BCUT2D eigenvalue weighted by molar-refractivity contribution is 0.0214. The van der Waals surface area contributed by atoms with Crippen LogP contribution in [-0.2, 0) is 14.6 Å². The third-order valence-electron chi connectivity index (χ3n) is 4.19. The highest BCUT2D eigenvalue weighted by Crippen LogP contribution is 2.30. The fourth-order valence-electron chi connectivity index (χ4n) is 2.86. The van der Waals surface area contributed by atoms with E-state index in [2.05, 4.69) is 6.92 Å². The van der Waals surface area contributed by atoms with Crippen molar-refractivity contribution in [2.75, 3.05) is 6.61 Å². The van der Waals surface area contributed by atoms with Gasteiger partial charge in [0.05, 0.1) is 5.60 Å². The van der Waals surface area contributed by atoms with Crippen molar-refractivity contribution in [1.82, 2.24) is 0 Å². The SMILES string of the molecule is CCCCCCCCCCC(CCO)C(C)(C)OS(=O)(=O)O. The summed E-state index contributed by atoms with van der Waals surface area (Å²) in [7, 11) is -4.47. The van der Waals surface area contributed by atoms with E-state index in [1.807, 2.05) is 0 Å². The number of hydrogen-bond acceptors (Lipinski definition) is 4. The summed E-state index contributed by atoms with van der Waals surface area (Å²) in [5, 5.41) is 9.15. The van der Waals surface area contributed by atoms with Crippen LogP contribution in [0.2, 0.25) is 0 Å². The van der Waals surface area contributed by atoms with Crippen LogP contribution >= 0.6 is 0 Å². The second-order valence-corrected chi connectivity index (χ2v) is 7.61. The predicted molar refractivity (Wildman–Crippen MR) is 89.1 cm³/mol. The summed E-state index contributed by atoms with van der Waals surface area (Å²) < 4.78 is 35.5. The predicted octanol–water partition coefficient (Wildman–Crippen LogP) is 4.11. The molecule has 134 valence electrons. The maximum absolute atomic E-state index is 10.9. The van der Waals surface area contributed by atoms with Crippen LogP contribution in [0.15, 0.2) is 0 Å². The van der Waals surface area contributed by atoms with Crippen molar-refractivity contribution >= 4 is 10.4 Å². The van der Waals surface area contributed by atoms with Gasteiger partial charge in [-0.05, 0) is 32.6 Å². The topological polar surface area (TPSA) is 83.8 Å². The van der Waals surface area contributed by atoms with Gasteiger partial charge in [-0.3, -0.25) is 4.55 Å². The van der Waals surface area contributed by atoms with E-state index in [9.17, 15) is 8.42 Å². The zero-order valence-electron chi connectivity index (χ0n) is 14.4. The number of unbranched alkanes of at least 4 members (excludes halogenated alkanes) is 7. The Balaban J connectivity index is 4.09. The molecular formula is C16H34O5S. The monoisotopic (exact) mass is 338 g/mol. The first-order chi connectivity index (χ1) is 10.2. The molecule has 0 radical (unpaired) electrons. The molecule has 0 aliphatic rings. The van der Waals surface area contributed by atoms with Crippen molar-refractivity contribution < 1.29 is 22.3 Å². The lowest BCUT2D eigenvalue weighted by Gasteiger charge is -2.32. The highest BCUT2D eigenvalue weighted by molar-refractivity contribution is 7.80. The summed E-state index contributed by atoms with van der Waals surface area (Å²) in [5.41, 5.74) is -1.00. The molecule has 0 heterocycles. The van der Waals surface area contributed by atoms with Gasteiger partial charge in [0.25, 0.3) is 0 Å². The van der Waals surface area contributed by atoms with Gasteiger partial charge in [0, 0.05) is 6.61 Å². The number of hydrogen-bond donors (Lipinski definition) is 2. The summed E-state index contributed by atoms with van der Waals surface area (Å²) in [6, 6.07) is 0. The highest BCUT2D eigenvalue weighted by atomic mass is 32.3. The van der Waals surface area contributed by atoms with Crippen LogP contribution in [0.3, 0.4) is 0 Å². The lowest BCUT2D eigenvalue weighted by Crippen LogP contribution is -2.37. The molecule has 0 aromatic rings. The standard InChI is InChI=1S/C16H34O5S/c1-4-5-6-7-8-9-10-11-12-15(13-14-17)16(2,3)21-22(18,19)20/h15,17H,4-14H2,1-3H3,(H,18,19,20). The third-order valence-corrected chi connectivity index (χ3v) is 4.83. The molecule has 1 atom stereocenters. The maximum Gasteiger partial charge on any atom is 0.397 e. The van der Waals surface area contributed by atoms with Crippen LogP contribution in [0.25, 0.3) is 0 Å². The second kappa shape index (κ2) is 11.4. The average molecular weight is 339 g/mol. The largest absolute Gasteiger partial charge is 0.397 e. The molecule has 5 nitrogen and oxygen atoms in total. The Morgan fingerprint density at radius 1 is 0.955 bits per heavy atom. The minimum absolute atomic E-state index is 0.0139.